The van der Waals surface area contributed by atoms with Crippen molar-refractivity contribution in [1.82, 2.24) is 9.80 Å². The van der Waals surface area contributed by atoms with Crippen LogP contribution in [0.1, 0.15) is 39.2 Å². The Morgan fingerprint density at radius 1 is 1.02 bits per heavy atom. The molecule has 3 aliphatic rings. The number of halogens is 1. The Balaban J connectivity index is 1.61. The summed E-state index contributed by atoms with van der Waals surface area (Å²) in [5, 5.41) is 10.9. The normalized spacial score (nSPS) is 26.2. The van der Waals surface area contributed by atoms with Crippen molar-refractivity contribution in [3.05, 3.63) is 85.5 Å². The summed E-state index contributed by atoms with van der Waals surface area (Å²) < 4.78 is 6.82. The fourth-order valence-electron chi connectivity index (χ4n) is 8.12. The van der Waals surface area contributed by atoms with Crippen LogP contribution in [0.2, 0.25) is 0 Å². The van der Waals surface area contributed by atoms with Gasteiger partial charge < -0.3 is 29.4 Å². The molecule has 258 valence electrons. The summed E-state index contributed by atoms with van der Waals surface area (Å²) in [7, 11) is 0. The van der Waals surface area contributed by atoms with Gasteiger partial charge >= 0.3 is 0 Å². The lowest BCUT2D eigenvalue weighted by Crippen LogP contribution is -2.59. The Morgan fingerprint density at radius 2 is 1.67 bits per heavy atom. The average Bonchev–Trinajstić information content (AvgIpc) is 3.70. The first kappa shape index (κ1) is 35.8. The fraction of sp³-hybridized carbons (Fsp3) is 0.500. The first-order valence-corrected chi connectivity index (χ1v) is 18.1. The number of benzene rings is 2. The maximum atomic E-state index is 15.1. The second kappa shape index (κ2) is 15.4. The van der Waals surface area contributed by atoms with Gasteiger partial charge in [0, 0.05) is 48.9 Å². The molecular weight excluding hydrogens is 672 g/mol. The highest BCUT2D eigenvalue weighted by molar-refractivity contribution is 9.09. The molecule has 9 nitrogen and oxygen atoms in total. The number of aliphatic hydroxyl groups is 1. The summed E-state index contributed by atoms with van der Waals surface area (Å²) >= 11 is 3.79. The van der Waals surface area contributed by atoms with Gasteiger partial charge in [0.25, 0.3) is 5.91 Å². The van der Waals surface area contributed by atoms with E-state index in [0.29, 0.717) is 31.6 Å². The molecule has 2 aromatic carbocycles. The third kappa shape index (κ3) is 6.34. The van der Waals surface area contributed by atoms with Crippen LogP contribution in [0.15, 0.2) is 79.9 Å². The van der Waals surface area contributed by atoms with Gasteiger partial charge in [-0.25, -0.2) is 0 Å². The van der Waals surface area contributed by atoms with Gasteiger partial charge in [-0.15, -0.1) is 13.2 Å². The molecular formula is C38H49BrN4O5. The zero-order valence-electron chi connectivity index (χ0n) is 28.3. The van der Waals surface area contributed by atoms with E-state index < -0.39 is 35.6 Å². The zero-order valence-corrected chi connectivity index (χ0v) is 29.9. The Hall–Kier alpha value is -3.47. The minimum absolute atomic E-state index is 0.169. The van der Waals surface area contributed by atoms with Crippen LogP contribution in [0.3, 0.4) is 0 Å². The first-order chi connectivity index (χ1) is 23.2. The quantitative estimate of drug-likeness (QED) is 0.197. The highest BCUT2D eigenvalue weighted by Gasteiger charge is 2.77. The van der Waals surface area contributed by atoms with E-state index in [1.807, 2.05) is 61.5 Å². The van der Waals surface area contributed by atoms with Gasteiger partial charge in [-0.05, 0) is 62.9 Å². The Bertz CT molecular complexity index is 1470. The van der Waals surface area contributed by atoms with E-state index in [2.05, 4.69) is 47.8 Å². The van der Waals surface area contributed by atoms with E-state index in [0.717, 1.165) is 30.8 Å². The Morgan fingerprint density at radius 3 is 2.25 bits per heavy atom. The number of fused-ring (bicyclic) bond motifs is 1. The zero-order chi connectivity index (χ0) is 34.6. The van der Waals surface area contributed by atoms with Gasteiger partial charge in [-0.1, -0.05) is 65.3 Å². The number of amides is 3. The largest absolute Gasteiger partial charge is 0.394 e. The molecule has 48 heavy (non-hydrogen) atoms. The summed E-state index contributed by atoms with van der Waals surface area (Å²) in [6.07, 6.45) is 4.26. The molecule has 0 radical (unpaired) electrons. The molecule has 7 atom stereocenters. The van der Waals surface area contributed by atoms with E-state index in [-0.39, 0.29) is 35.7 Å². The topological polar surface area (TPSA) is 93.6 Å². The van der Waals surface area contributed by atoms with Crippen LogP contribution >= 0.6 is 15.9 Å². The van der Waals surface area contributed by atoms with Crippen molar-refractivity contribution in [1.29, 1.82) is 0 Å². The first-order valence-electron chi connectivity index (χ1n) is 17.2. The predicted molar refractivity (Wildman–Crippen MR) is 193 cm³/mol. The minimum atomic E-state index is -1.26. The van der Waals surface area contributed by atoms with Crippen molar-refractivity contribution < 1.29 is 24.2 Å². The number of hydrogen-bond acceptors (Lipinski definition) is 6. The lowest BCUT2D eigenvalue weighted by atomic mass is 9.70. The molecule has 3 fully saturated rings. The molecule has 1 spiro atoms. The number of carbonyl (C=O) groups excluding carboxylic acids is 3. The van der Waals surface area contributed by atoms with E-state index in [1.165, 1.54) is 0 Å². The number of alkyl halides is 1. The highest BCUT2D eigenvalue weighted by atomic mass is 79.9. The molecule has 2 aromatic rings. The van der Waals surface area contributed by atoms with Crippen LogP contribution in [-0.4, -0.2) is 101 Å². The van der Waals surface area contributed by atoms with Crippen LogP contribution in [0.5, 0.6) is 0 Å². The van der Waals surface area contributed by atoms with Crippen molar-refractivity contribution in [3.8, 4) is 0 Å². The SMILES string of the molecule is C=CCN(CCC)C(=O)[C@H]1[C@@H]2OC3(CC2Br)C(C(=O)N(CC=C)c2ccc(N(CC)CC)cc2)N([C@@H](CO)Cc2ccccc2)C(=O)[C@H]13. The summed E-state index contributed by atoms with van der Waals surface area (Å²) in [6.45, 7) is 16.4. The monoisotopic (exact) mass is 720 g/mol. The molecule has 3 aliphatic heterocycles. The number of likely N-dealkylation sites (tertiary alicyclic amines) is 1. The van der Waals surface area contributed by atoms with E-state index in [4.69, 9.17) is 4.74 Å². The summed E-state index contributed by atoms with van der Waals surface area (Å²) in [5.74, 6) is -2.47. The second-order valence-corrected chi connectivity index (χ2v) is 14.1. The number of carbonyl (C=O) groups is 3. The molecule has 1 N–H and O–H groups in total. The lowest BCUT2D eigenvalue weighted by Gasteiger charge is -2.39. The van der Waals surface area contributed by atoms with Gasteiger partial charge in [-0.2, -0.15) is 0 Å². The minimum Gasteiger partial charge on any atom is -0.394 e. The maximum Gasteiger partial charge on any atom is 0.253 e. The molecule has 3 heterocycles. The molecule has 2 bridgehead atoms. The van der Waals surface area contributed by atoms with Crippen LogP contribution in [0.25, 0.3) is 0 Å². The highest BCUT2D eigenvalue weighted by Crippen LogP contribution is 2.61. The van der Waals surface area contributed by atoms with Crippen LogP contribution < -0.4 is 9.80 Å². The molecule has 3 amide bonds. The summed E-state index contributed by atoms with van der Waals surface area (Å²) in [6, 6.07) is 15.7. The molecule has 0 saturated carbocycles. The molecule has 3 saturated heterocycles. The average molecular weight is 722 g/mol. The van der Waals surface area contributed by atoms with Gasteiger partial charge in [-0.3, -0.25) is 14.4 Å². The maximum absolute atomic E-state index is 15.1. The third-order valence-corrected chi connectivity index (χ3v) is 11.0. The van der Waals surface area contributed by atoms with Crippen molar-refractivity contribution >= 4 is 45.0 Å². The van der Waals surface area contributed by atoms with Crippen LogP contribution in [-0.2, 0) is 25.5 Å². The van der Waals surface area contributed by atoms with Crippen molar-refractivity contribution in [3.63, 3.8) is 0 Å². The van der Waals surface area contributed by atoms with Crippen molar-refractivity contribution in [2.45, 2.75) is 68.6 Å². The van der Waals surface area contributed by atoms with Crippen molar-refractivity contribution in [2.75, 3.05) is 49.1 Å². The van der Waals surface area contributed by atoms with E-state index in [9.17, 15) is 14.7 Å². The smallest absolute Gasteiger partial charge is 0.253 e. The number of nitrogens with zero attached hydrogens (tertiary/aromatic N) is 4. The van der Waals surface area contributed by atoms with Gasteiger partial charge in [0.1, 0.15) is 11.6 Å². The third-order valence-electron chi connectivity index (χ3n) is 10.2. The summed E-state index contributed by atoms with van der Waals surface area (Å²) in [4.78, 5) is 51.2. The molecule has 10 heteroatoms. The Kier molecular flexibility index (Phi) is 11.5. The summed E-state index contributed by atoms with van der Waals surface area (Å²) in [5.41, 5.74) is 1.38. The standard InChI is InChI=1S/C38H49BrN4O5/c1-6-20-41(21-7-2)35(45)31-32-36(46)43(29(25-44)23-26-14-12-11-13-15-26)34(38(32)24-30(39)33(31)48-38)37(47)42(22-8-3)28-18-16-27(17-19-28)40(9-4)10-5/h6,8,11-19,29-34,44H,1,3,7,9-10,20-25H2,2,4-5H3/t29-,30?,31-,32+,33-,34?,38?/m1/s1. The number of rotatable bonds is 16. The van der Waals surface area contributed by atoms with Gasteiger partial charge in [0.2, 0.25) is 11.8 Å². The number of ether oxygens (including phenoxy) is 1. The molecule has 0 aromatic heterocycles. The number of anilines is 2. The predicted octanol–water partition coefficient (Wildman–Crippen LogP) is 4.83. The van der Waals surface area contributed by atoms with Gasteiger partial charge in [0.15, 0.2) is 0 Å². The van der Waals surface area contributed by atoms with Crippen molar-refractivity contribution in [2.24, 2.45) is 11.8 Å². The fourth-order valence-corrected chi connectivity index (χ4v) is 9.06. The number of hydrogen-bond donors (Lipinski definition) is 1. The Labute approximate surface area is 293 Å². The van der Waals surface area contributed by atoms with E-state index in [1.54, 1.807) is 26.9 Å². The van der Waals surface area contributed by atoms with E-state index >= 15 is 4.79 Å². The molecule has 3 unspecified atom stereocenters. The lowest BCUT2D eigenvalue weighted by molar-refractivity contribution is -0.147. The van der Waals surface area contributed by atoms with Crippen LogP contribution in [0.4, 0.5) is 11.4 Å². The second-order valence-electron chi connectivity index (χ2n) is 12.9. The van der Waals surface area contributed by atoms with Crippen LogP contribution in [0, 0.1) is 11.8 Å². The van der Waals surface area contributed by atoms with Gasteiger partial charge in [0.05, 0.1) is 30.6 Å². The molecule has 5 rings (SSSR count). The molecule has 0 aliphatic carbocycles. The number of aliphatic hydroxyl groups excluding tert-OH is 1.